The highest BCUT2D eigenvalue weighted by molar-refractivity contribution is 5.90. The summed E-state index contributed by atoms with van der Waals surface area (Å²) in [6.45, 7) is 7.52. The third-order valence-corrected chi connectivity index (χ3v) is 3.39. The second-order valence-corrected chi connectivity index (χ2v) is 6.08. The summed E-state index contributed by atoms with van der Waals surface area (Å²) >= 11 is 0. The van der Waals surface area contributed by atoms with Crippen molar-refractivity contribution in [2.75, 3.05) is 0 Å². The summed E-state index contributed by atoms with van der Waals surface area (Å²) in [6, 6.07) is 0. The van der Waals surface area contributed by atoms with Crippen molar-refractivity contribution < 1.29 is 14.3 Å². The Balaban J connectivity index is 2.21. The molecule has 1 aliphatic carbocycles. The Labute approximate surface area is 109 Å². The molecule has 1 atom stereocenters. The molecule has 2 rings (SSSR count). The van der Waals surface area contributed by atoms with Crippen molar-refractivity contribution in [2.45, 2.75) is 59.0 Å². The van der Waals surface area contributed by atoms with Crippen LogP contribution < -0.4 is 0 Å². The minimum absolute atomic E-state index is 0.211. The van der Waals surface area contributed by atoms with E-state index in [0.29, 0.717) is 5.76 Å². The molecule has 0 aromatic rings. The SMILES string of the molecule is CC1=C(C(=O)OC(C)(C)C)C2CCCCC2=CO1. The van der Waals surface area contributed by atoms with Gasteiger partial charge in [0.05, 0.1) is 11.8 Å². The van der Waals surface area contributed by atoms with Gasteiger partial charge in [-0.15, -0.1) is 0 Å². The second kappa shape index (κ2) is 4.79. The molecule has 1 heterocycles. The van der Waals surface area contributed by atoms with E-state index in [4.69, 9.17) is 9.47 Å². The lowest BCUT2D eigenvalue weighted by Gasteiger charge is -2.32. The van der Waals surface area contributed by atoms with Gasteiger partial charge in [-0.05, 0) is 52.5 Å². The van der Waals surface area contributed by atoms with Crippen LogP contribution in [-0.4, -0.2) is 11.6 Å². The summed E-state index contributed by atoms with van der Waals surface area (Å²) in [6.07, 6.45) is 6.24. The molecule has 0 bridgehead atoms. The number of carbonyl (C=O) groups excluding carboxylic acids is 1. The highest BCUT2D eigenvalue weighted by atomic mass is 16.6. The first-order chi connectivity index (χ1) is 8.38. The molecule has 2 aliphatic rings. The fourth-order valence-electron chi connectivity index (χ4n) is 2.60. The van der Waals surface area contributed by atoms with Crippen molar-refractivity contribution in [1.29, 1.82) is 0 Å². The van der Waals surface area contributed by atoms with E-state index in [0.717, 1.165) is 18.4 Å². The van der Waals surface area contributed by atoms with Gasteiger partial charge in [0.25, 0.3) is 0 Å². The first kappa shape index (κ1) is 13.2. The molecule has 3 nitrogen and oxygen atoms in total. The Morgan fingerprint density at radius 1 is 1.39 bits per heavy atom. The lowest BCUT2D eigenvalue weighted by molar-refractivity contribution is -0.150. The topological polar surface area (TPSA) is 35.5 Å². The summed E-state index contributed by atoms with van der Waals surface area (Å²) in [5.41, 5.74) is 1.51. The number of hydrogen-bond donors (Lipinski definition) is 0. The minimum atomic E-state index is -0.458. The summed E-state index contributed by atoms with van der Waals surface area (Å²) in [4.78, 5) is 12.3. The highest BCUT2D eigenvalue weighted by Gasteiger charge is 2.34. The van der Waals surface area contributed by atoms with Crippen LogP contribution in [0.2, 0.25) is 0 Å². The fraction of sp³-hybridized carbons (Fsp3) is 0.667. The van der Waals surface area contributed by atoms with E-state index >= 15 is 0 Å². The van der Waals surface area contributed by atoms with Crippen LogP contribution in [0, 0.1) is 5.92 Å². The molecule has 0 N–H and O–H groups in total. The van der Waals surface area contributed by atoms with Crippen LogP contribution in [0.1, 0.15) is 53.4 Å². The molecule has 1 fully saturated rings. The molecule has 3 heteroatoms. The highest BCUT2D eigenvalue weighted by Crippen LogP contribution is 2.39. The van der Waals surface area contributed by atoms with Gasteiger partial charge in [0.1, 0.15) is 11.4 Å². The van der Waals surface area contributed by atoms with Gasteiger partial charge in [-0.25, -0.2) is 4.79 Å². The van der Waals surface area contributed by atoms with Gasteiger partial charge < -0.3 is 9.47 Å². The van der Waals surface area contributed by atoms with Crippen molar-refractivity contribution >= 4 is 5.97 Å². The van der Waals surface area contributed by atoms with E-state index in [1.807, 2.05) is 34.0 Å². The predicted octanol–water partition coefficient (Wildman–Crippen LogP) is 3.71. The first-order valence-corrected chi connectivity index (χ1v) is 6.68. The van der Waals surface area contributed by atoms with Crippen LogP contribution >= 0.6 is 0 Å². The molecule has 1 aliphatic heterocycles. The summed E-state index contributed by atoms with van der Waals surface area (Å²) in [7, 11) is 0. The Morgan fingerprint density at radius 3 is 2.78 bits per heavy atom. The van der Waals surface area contributed by atoms with Crippen molar-refractivity contribution in [1.82, 2.24) is 0 Å². The maximum atomic E-state index is 12.3. The molecule has 0 radical (unpaired) electrons. The Morgan fingerprint density at radius 2 is 2.11 bits per heavy atom. The monoisotopic (exact) mass is 250 g/mol. The standard InChI is InChI=1S/C15H22O3/c1-10-13(14(16)18-15(2,3)4)12-8-6-5-7-11(12)9-17-10/h9,12H,5-8H2,1-4H3. The number of allylic oxidation sites excluding steroid dienone is 2. The zero-order valence-electron chi connectivity index (χ0n) is 11.7. The smallest absolute Gasteiger partial charge is 0.338 e. The molecule has 18 heavy (non-hydrogen) atoms. The lowest BCUT2D eigenvalue weighted by Crippen LogP contribution is -2.30. The van der Waals surface area contributed by atoms with Crippen LogP contribution in [0.15, 0.2) is 23.2 Å². The Bertz CT molecular complexity index is 410. The quantitative estimate of drug-likeness (QED) is 0.665. The van der Waals surface area contributed by atoms with Crippen molar-refractivity contribution in [3.8, 4) is 0 Å². The first-order valence-electron chi connectivity index (χ1n) is 6.68. The molecular weight excluding hydrogens is 228 g/mol. The number of rotatable bonds is 1. The van der Waals surface area contributed by atoms with E-state index in [2.05, 4.69) is 0 Å². The minimum Gasteiger partial charge on any atom is -0.469 e. The number of esters is 1. The molecule has 0 amide bonds. The molecule has 100 valence electrons. The third-order valence-electron chi connectivity index (χ3n) is 3.39. The third kappa shape index (κ3) is 2.77. The molecule has 0 spiro atoms. The van der Waals surface area contributed by atoms with Gasteiger partial charge in [-0.1, -0.05) is 6.42 Å². The van der Waals surface area contributed by atoms with Gasteiger partial charge in [0.15, 0.2) is 0 Å². The van der Waals surface area contributed by atoms with Gasteiger partial charge in [0.2, 0.25) is 0 Å². The van der Waals surface area contributed by atoms with E-state index in [-0.39, 0.29) is 11.9 Å². The van der Waals surface area contributed by atoms with Crippen LogP contribution in [-0.2, 0) is 14.3 Å². The van der Waals surface area contributed by atoms with Crippen LogP contribution in [0.3, 0.4) is 0 Å². The summed E-state index contributed by atoms with van der Waals surface area (Å²) in [5, 5.41) is 0. The van der Waals surface area contributed by atoms with Crippen LogP contribution in [0.4, 0.5) is 0 Å². The van der Waals surface area contributed by atoms with Crippen molar-refractivity contribution in [2.24, 2.45) is 5.92 Å². The lowest BCUT2D eigenvalue weighted by atomic mass is 9.78. The Kier molecular flexibility index (Phi) is 3.51. The molecular formula is C15H22O3. The largest absolute Gasteiger partial charge is 0.469 e. The van der Waals surface area contributed by atoms with E-state index in [1.165, 1.54) is 18.4 Å². The van der Waals surface area contributed by atoms with Crippen LogP contribution in [0.5, 0.6) is 0 Å². The average Bonchev–Trinajstić information content (AvgIpc) is 2.26. The van der Waals surface area contributed by atoms with Gasteiger partial charge in [-0.2, -0.15) is 0 Å². The molecule has 0 aromatic heterocycles. The Hall–Kier alpha value is -1.25. The zero-order valence-corrected chi connectivity index (χ0v) is 11.7. The predicted molar refractivity (Wildman–Crippen MR) is 69.7 cm³/mol. The van der Waals surface area contributed by atoms with E-state index < -0.39 is 5.60 Å². The fourth-order valence-corrected chi connectivity index (χ4v) is 2.60. The van der Waals surface area contributed by atoms with E-state index in [1.54, 1.807) is 0 Å². The molecule has 1 saturated carbocycles. The normalized spacial score (nSPS) is 24.0. The number of ether oxygens (including phenoxy) is 2. The maximum Gasteiger partial charge on any atom is 0.338 e. The van der Waals surface area contributed by atoms with Crippen molar-refractivity contribution in [3.63, 3.8) is 0 Å². The molecule has 0 aromatic carbocycles. The van der Waals surface area contributed by atoms with Crippen LogP contribution in [0.25, 0.3) is 0 Å². The number of carbonyl (C=O) groups is 1. The summed E-state index contributed by atoms with van der Waals surface area (Å²) in [5.74, 6) is 0.680. The second-order valence-electron chi connectivity index (χ2n) is 6.08. The van der Waals surface area contributed by atoms with Gasteiger partial charge in [0, 0.05) is 5.92 Å². The summed E-state index contributed by atoms with van der Waals surface area (Å²) < 4.78 is 11.0. The number of hydrogen-bond acceptors (Lipinski definition) is 3. The van der Waals surface area contributed by atoms with E-state index in [9.17, 15) is 4.79 Å². The molecule has 1 unspecified atom stereocenters. The molecule has 0 saturated heterocycles. The average molecular weight is 250 g/mol. The zero-order chi connectivity index (χ0) is 13.3. The number of fused-ring (bicyclic) bond motifs is 1. The van der Waals surface area contributed by atoms with Gasteiger partial charge in [-0.3, -0.25) is 0 Å². The van der Waals surface area contributed by atoms with Gasteiger partial charge >= 0.3 is 5.97 Å². The van der Waals surface area contributed by atoms with Crippen molar-refractivity contribution in [3.05, 3.63) is 23.2 Å². The maximum absolute atomic E-state index is 12.3.